The topological polar surface area (TPSA) is 63.4 Å². The van der Waals surface area contributed by atoms with Crippen molar-refractivity contribution in [3.05, 3.63) is 0 Å². The number of ketones is 1. The third-order valence-corrected chi connectivity index (χ3v) is 2.48. The molecule has 76 valence electrons. The molecule has 1 aliphatic rings. The van der Waals surface area contributed by atoms with Gasteiger partial charge in [-0.15, -0.1) is 0 Å². The minimum atomic E-state index is -0.650. The van der Waals surface area contributed by atoms with E-state index in [2.05, 4.69) is 0 Å². The minimum absolute atomic E-state index is 0.146. The molecule has 0 bridgehead atoms. The second-order valence-electron chi connectivity index (χ2n) is 3.75. The van der Waals surface area contributed by atoms with E-state index in [1.165, 1.54) is 0 Å². The van der Waals surface area contributed by atoms with Gasteiger partial charge in [-0.2, -0.15) is 0 Å². The van der Waals surface area contributed by atoms with Crippen LogP contribution < -0.4 is 5.73 Å². The normalized spacial score (nSPS) is 21.9. The summed E-state index contributed by atoms with van der Waals surface area (Å²) in [5, 5.41) is 0. The summed E-state index contributed by atoms with van der Waals surface area (Å²) in [4.78, 5) is 24.2. The van der Waals surface area contributed by atoms with Crippen molar-refractivity contribution in [2.24, 2.45) is 5.73 Å². The summed E-state index contributed by atoms with van der Waals surface area (Å²) in [5.41, 5.74) is 5.62. The number of rotatable bonds is 2. The maximum Gasteiger partial charge on any atom is 0.239 e. The molecule has 1 fully saturated rings. The summed E-state index contributed by atoms with van der Waals surface area (Å²) in [7, 11) is 5.53. The molecule has 1 amide bonds. The first-order valence-corrected chi connectivity index (χ1v) is 4.84. The number of Topliss-reactive ketones (excluding diaryl/α,β-unsaturated/α-hetero) is 1. The molecule has 1 heterocycles. The van der Waals surface area contributed by atoms with E-state index in [0.717, 1.165) is 0 Å². The van der Waals surface area contributed by atoms with Gasteiger partial charge >= 0.3 is 0 Å². The summed E-state index contributed by atoms with van der Waals surface area (Å²) in [6.07, 6.45) is 0.884. The highest BCUT2D eigenvalue weighted by Crippen LogP contribution is 2.11. The van der Waals surface area contributed by atoms with E-state index in [4.69, 9.17) is 13.6 Å². The SMILES string of the molecule is [B]C(C)[C@@H](N)C(=O)N1CCC(=O)CC1. The number of amides is 1. The number of hydrogen-bond acceptors (Lipinski definition) is 3. The molecule has 0 aromatic heterocycles. The lowest BCUT2D eigenvalue weighted by molar-refractivity contribution is -0.135. The Morgan fingerprint density at radius 1 is 1.50 bits per heavy atom. The van der Waals surface area contributed by atoms with Gasteiger partial charge in [0.25, 0.3) is 0 Å². The first kappa shape index (κ1) is 11.2. The van der Waals surface area contributed by atoms with Gasteiger partial charge in [0.1, 0.15) is 5.78 Å². The van der Waals surface area contributed by atoms with Crippen LogP contribution in [0.25, 0.3) is 0 Å². The molecule has 0 aromatic carbocycles. The molecule has 1 saturated heterocycles. The van der Waals surface area contributed by atoms with E-state index < -0.39 is 6.04 Å². The molecule has 1 unspecified atom stereocenters. The summed E-state index contributed by atoms with van der Waals surface area (Å²) in [6.45, 7) is 2.67. The zero-order chi connectivity index (χ0) is 10.7. The number of carbonyl (C=O) groups excluding carboxylic acids is 2. The highest BCUT2D eigenvalue weighted by molar-refractivity contribution is 6.14. The number of hydrogen-bond donors (Lipinski definition) is 1. The van der Waals surface area contributed by atoms with Gasteiger partial charge in [0.15, 0.2) is 0 Å². The summed E-state index contributed by atoms with van der Waals surface area (Å²) in [5.74, 6) is -0.281. The zero-order valence-corrected chi connectivity index (χ0v) is 8.40. The molecular weight excluding hydrogens is 179 g/mol. The zero-order valence-electron chi connectivity index (χ0n) is 8.40. The Kier molecular flexibility index (Phi) is 3.69. The van der Waals surface area contributed by atoms with E-state index in [9.17, 15) is 9.59 Å². The molecule has 4 nitrogen and oxygen atoms in total. The Hall–Kier alpha value is -0.835. The predicted molar refractivity (Wildman–Crippen MR) is 54.0 cm³/mol. The molecule has 0 spiro atoms. The van der Waals surface area contributed by atoms with Crippen molar-refractivity contribution in [3.8, 4) is 0 Å². The highest BCUT2D eigenvalue weighted by Gasteiger charge is 2.26. The second-order valence-corrected chi connectivity index (χ2v) is 3.75. The molecule has 14 heavy (non-hydrogen) atoms. The molecular formula is C9H15BN2O2. The standard InChI is InChI=1S/C9H15BN2O2/c1-6(10)8(11)9(14)12-4-2-7(13)3-5-12/h6,8H,2-5,11H2,1H3/t6?,8-/m1/s1. The lowest BCUT2D eigenvalue weighted by Crippen LogP contribution is -2.48. The summed E-state index contributed by atoms with van der Waals surface area (Å²) < 4.78 is 0. The van der Waals surface area contributed by atoms with E-state index in [1.807, 2.05) is 0 Å². The quantitative estimate of drug-likeness (QED) is 0.601. The molecule has 0 aliphatic carbocycles. The fraction of sp³-hybridized carbons (Fsp3) is 0.778. The largest absolute Gasteiger partial charge is 0.340 e. The van der Waals surface area contributed by atoms with E-state index in [0.29, 0.717) is 25.9 Å². The van der Waals surface area contributed by atoms with Crippen molar-refractivity contribution < 1.29 is 9.59 Å². The van der Waals surface area contributed by atoms with E-state index in [-0.39, 0.29) is 17.5 Å². The van der Waals surface area contributed by atoms with E-state index in [1.54, 1.807) is 11.8 Å². The fourth-order valence-corrected chi connectivity index (χ4v) is 1.41. The van der Waals surface area contributed by atoms with Crippen LogP contribution in [0.3, 0.4) is 0 Å². The predicted octanol–water partition coefficient (Wildman–Crippen LogP) is -0.518. The van der Waals surface area contributed by atoms with Crippen molar-refractivity contribution in [1.29, 1.82) is 0 Å². The highest BCUT2D eigenvalue weighted by atomic mass is 16.2. The Morgan fingerprint density at radius 3 is 2.43 bits per heavy atom. The van der Waals surface area contributed by atoms with Crippen LogP contribution in [0, 0.1) is 0 Å². The third kappa shape index (κ3) is 2.58. The van der Waals surface area contributed by atoms with Crippen molar-refractivity contribution in [2.75, 3.05) is 13.1 Å². The first-order valence-electron chi connectivity index (χ1n) is 4.84. The van der Waals surface area contributed by atoms with Crippen LogP contribution in [-0.4, -0.2) is 43.6 Å². The van der Waals surface area contributed by atoms with Crippen molar-refractivity contribution in [1.82, 2.24) is 4.90 Å². The number of carbonyl (C=O) groups is 2. The lowest BCUT2D eigenvalue weighted by atomic mass is 9.82. The fourth-order valence-electron chi connectivity index (χ4n) is 1.41. The smallest absolute Gasteiger partial charge is 0.239 e. The van der Waals surface area contributed by atoms with Crippen LogP contribution >= 0.6 is 0 Å². The van der Waals surface area contributed by atoms with Gasteiger partial charge in [-0.1, -0.05) is 12.7 Å². The Bertz CT molecular complexity index is 233. The molecule has 2 atom stereocenters. The van der Waals surface area contributed by atoms with E-state index >= 15 is 0 Å². The van der Waals surface area contributed by atoms with Crippen LogP contribution in [0.4, 0.5) is 0 Å². The maximum absolute atomic E-state index is 11.7. The Balaban J connectivity index is 2.49. The van der Waals surface area contributed by atoms with Crippen LogP contribution in [0.5, 0.6) is 0 Å². The van der Waals surface area contributed by atoms with Crippen LogP contribution in [0.2, 0.25) is 5.82 Å². The summed E-state index contributed by atoms with van der Waals surface area (Å²) >= 11 is 0. The third-order valence-electron chi connectivity index (χ3n) is 2.48. The average molecular weight is 194 g/mol. The van der Waals surface area contributed by atoms with Gasteiger partial charge in [0, 0.05) is 25.9 Å². The first-order chi connectivity index (χ1) is 6.52. The number of nitrogens with two attached hydrogens (primary N) is 1. The Morgan fingerprint density at radius 2 is 2.00 bits per heavy atom. The van der Waals surface area contributed by atoms with Crippen molar-refractivity contribution in [2.45, 2.75) is 31.6 Å². The number of nitrogens with zero attached hydrogens (tertiary/aromatic N) is 1. The maximum atomic E-state index is 11.7. The molecule has 2 N–H and O–H groups in total. The van der Waals surface area contributed by atoms with Gasteiger partial charge in [0.05, 0.1) is 13.9 Å². The van der Waals surface area contributed by atoms with Gasteiger partial charge in [-0.25, -0.2) is 0 Å². The molecule has 1 aliphatic heterocycles. The van der Waals surface area contributed by atoms with Crippen LogP contribution in [0.15, 0.2) is 0 Å². The lowest BCUT2D eigenvalue weighted by Gasteiger charge is -2.29. The average Bonchev–Trinajstić information content (AvgIpc) is 2.16. The molecule has 1 rings (SSSR count). The summed E-state index contributed by atoms with van der Waals surface area (Å²) in [6, 6.07) is -0.650. The van der Waals surface area contributed by atoms with Crippen molar-refractivity contribution in [3.63, 3.8) is 0 Å². The van der Waals surface area contributed by atoms with Crippen molar-refractivity contribution >= 4 is 19.5 Å². The minimum Gasteiger partial charge on any atom is -0.340 e. The van der Waals surface area contributed by atoms with Gasteiger partial charge in [-0.05, 0) is 0 Å². The van der Waals surface area contributed by atoms with Gasteiger partial charge < -0.3 is 10.6 Å². The molecule has 5 heteroatoms. The van der Waals surface area contributed by atoms with Gasteiger partial charge in [0.2, 0.25) is 5.91 Å². The molecule has 2 radical (unpaired) electrons. The molecule has 0 saturated carbocycles. The second kappa shape index (κ2) is 4.60. The number of piperidine rings is 1. The monoisotopic (exact) mass is 194 g/mol. The molecule has 0 aromatic rings. The Labute approximate surface area is 85.2 Å². The van der Waals surface area contributed by atoms with Crippen LogP contribution in [0.1, 0.15) is 19.8 Å². The van der Waals surface area contributed by atoms with Crippen LogP contribution in [-0.2, 0) is 9.59 Å². The number of likely N-dealkylation sites (tertiary alicyclic amines) is 1. The van der Waals surface area contributed by atoms with Gasteiger partial charge in [-0.3, -0.25) is 9.59 Å².